The van der Waals surface area contributed by atoms with E-state index in [0.29, 0.717) is 11.5 Å². The number of anilines is 2. The predicted molar refractivity (Wildman–Crippen MR) is 72.8 cm³/mol. The number of aryl methyl sites for hydroxylation is 1. The second kappa shape index (κ2) is 5.48. The van der Waals surface area contributed by atoms with Gasteiger partial charge in [-0.1, -0.05) is 13.0 Å². The van der Waals surface area contributed by atoms with Gasteiger partial charge in [0.05, 0.1) is 5.56 Å². The molecule has 98 valence electrons. The highest BCUT2D eigenvalue weighted by Gasteiger charge is 2.07. The first kappa shape index (κ1) is 13.0. The van der Waals surface area contributed by atoms with E-state index < -0.39 is 5.97 Å². The van der Waals surface area contributed by atoms with Crippen LogP contribution in [-0.2, 0) is 6.42 Å². The number of nitrogens with zero attached hydrogens (tertiary/aromatic N) is 2. The Morgan fingerprint density at radius 2 is 2.16 bits per heavy atom. The van der Waals surface area contributed by atoms with Gasteiger partial charge in [-0.25, -0.2) is 14.8 Å². The average Bonchev–Trinajstić information content (AvgIpc) is 2.41. The molecule has 0 atom stereocenters. The number of carboxylic acids is 1. The number of carbonyl (C=O) groups is 1. The van der Waals surface area contributed by atoms with E-state index in [1.54, 1.807) is 24.3 Å². The first-order valence-electron chi connectivity index (χ1n) is 6.02. The van der Waals surface area contributed by atoms with Gasteiger partial charge < -0.3 is 10.4 Å². The Morgan fingerprint density at radius 3 is 2.84 bits per heavy atom. The second-order valence-corrected chi connectivity index (χ2v) is 4.16. The van der Waals surface area contributed by atoms with Crippen LogP contribution < -0.4 is 5.32 Å². The fourth-order valence-electron chi connectivity index (χ4n) is 1.84. The minimum atomic E-state index is -0.947. The molecule has 2 rings (SSSR count). The summed E-state index contributed by atoms with van der Waals surface area (Å²) in [5.41, 5.74) is 2.90. The van der Waals surface area contributed by atoms with Gasteiger partial charge in [-0.3, -0.25) is 0 Å². The SMILES string of the molecule is CCc1ncnc(Nc2cccc(C(=O)O)c2)c1C. The summed E-state index contributed by atoms with van der Waals surface area (Å²) in [4.78, 5) is 19.3. The van der Waals surface area contributed by atoms with Crippen LogP contribution in [-0.4, -0.2) is 21.0 Å². The zero-order valence-corrected chi connectivity index (χ0v) is 10.8. The molecule has 2 N–H and O–H groups in total. The molecule has 1 heterocycles. The van der Waals surface area contributed by atoms with E-state index in [1.807, 2.05) is 13.8 Å². The molecule has 0 fully saturated rings. The maximum absolute atomic E-state index is 10.9. The van der Waals surface area contributed by atoms with Gasteiger partial charge in [0.15, 0.2) is 0 Å². The number of benzene rings is 1. The molecule has 0 radical (unpaired) electrons. The molecule has 0 saturated heterocycles. The molecule has 1 aromatic carbocycles. The second-order valence-electron chi connectivity index (χ2n) is 4.16. The van der Waals surface area contributed by atoms with Gasteiger partial charge in [0.1, 0.15) is 12.1 Å². The predicted octanol–water partition coefficient (Wildman–Crippen LogP) is 2.79. The van der Waals surface area contributed by atoms with Crippen molar-refractivity contribution in [3.63, 3.8) is 0 Å². The van der Waals surface area contributed by atoms with Crippen molar-refractivity contribution in [3.8, 4) is 0 Å². The van der Waals surface area contributed by atoms with Crippen LogP contribution in [0.25, 0.3) is 0 Å². The van der Waals surface area contributed by atoms with Crippen LogP contribution in [0.2, 0.25) is 0 Å². The molecule has 19 heavy (non-hydrogen) atoms. The fourth-order valence-corrected chi connectivity index (χ4v) is 1.84. The number of hydrogen-bond acceptors (Lipinski definition) is 4. The Kier molecular flexibility index (Phi) is 3.75. The number of hydrogen-bond donors (Lipinski definition) is 2. The molecule has 0 aliphatic heterocycles. The molecule has 1 aromatic heterocycles. The van der Waals surface area contributed by atoms with Crippen LogP contribution in [0, 0.1) is 6.92 Å². The summed E-state index contributed by atoms with van der Waals surface area (Å²) in [6, 6.07) is 6.63. The van der Waals surface area contributed by atoms with E-state index in [2.05, 4.69) is 15.3 Å². The maximum Gasteiger partial charge on any atom is 0.335 e. The zero-order chi connectivity index (χ0) is 13.8. The lowest BCUT2D eigenvalue weighted by molar-refractivity contribution is 0.0697. The van der Waals surface area contributed by atoms with Crippen molar-refractivity contribution in [2.45, 2.75) is 20.3 Å². The number of nitrogens with one attached hydrogen (secondary N) is 1. The highest BCUT2D eigenvalue weighted by Crippen LogP contribution is 2.20. The van der Waals surface area contributed by atoms with Crippen molar-refractivity contribution in [2.75, 3.05) is 5.32 Å². The zero-order valence-electron chi connectivity index (χ0n) is 10.8. The van der Waals surface area contributed by atoms with Crippen LogP contribution in [0.15, 0.2) is 30.6 Å². The Bertz CT molecular complexity index is 611. The highest BCUT2D eigenvalue weighted by atomic mass is 16.4. The summed E-state index contributed by atoms with van der Waals surface area (Å²) >= 11 is 0. The molecular formula is C14H15N3O2. The molecule has 0 unspecified atom stereocenters. The third-order valence-corrected chi connectivity index (χ3v) is 2.90. The lowest BCUT2D eigenvalue weighted by Crippen LogP contribution is -2.03. The largest absolute Gasteiger partial charge is 0.478 e. The van der Waals surface area contributed by atoms with Crippen LogP contribution in [0.3, 0.4) is 0 Å². The molecule has 0 saturated carbocycles. The Labute approximate surface area is 111 Å². The molecule has 0 aliphatic carbocycles. The molecule has 0 spiro atoms. The minimum Gasteiger partial charge on any atom is -0.478 e. The first-order valence-corrected chi connectivity index (χ1v) is 6.02. The van der Waals surface area contributed by atoms with Gasteiger partial charge in [-0.05, 0) is 31.5 Å². The van der Waals surface area contributed by atoms with Gasteiger partial charge in [0.2, 0.25) is 0 Å². The smallest absolute Gasteiger partial charge is 0.335 e. The van der Waals surface area contributed by atoms with E-state index in [9.17, 15) is 4.79 Å². The van der Waals surface area contributed by atoms with E-state index >= 15 is 0 Å². The minimum absolute atomic E-state index is 0.243. The van der Waals surface area contributed by atoms with Crippen molar-refractivity contribution >= 4 is 17.5 Å². The molecule has 5 nitrogen and oxygen atoms in total. The normalized spacial score (nSPS) is 10.2. The summed E-state index contributed by atoms with van der Waals surface area (Å²) < 4.78 is 0. The maximum atomic E-state index is 10.9. The van der Waals surface area contributed by atoms with E-state index in [-0.39, 0.29) is 5.56 Å². The standard InChI is InChI=1S/C14H15N3O2/c1-3-12-9(2)13(16-8-15-12)17-11-6-4-5-10(7-11)14(18)19/h4-8H,3H2,1-2H3,(H,18,19)(H,15,16,17). The molecule has 0 bridgehead atoms. The van der Waals surface area contributed by atoms with Gasteiger partial charge in [-0.2, -0.15) is 0 Å². The topological polar surface area (TPSA) is 75.1 Å². The number of aromatic carboxylic acids is 1. The van der Waals surface area contributed by atoms with Gasteiger partial charge >= 0.3 is 5.97 Å². The number of aromatic nitrogens is 2. The van der Waals surface area contributed by atoms with Gasteiger partial charge in [0, 0.05) is 16.9 Å². The van der Waals surface area contributed by atoms with Crippen LogP contribution in [0.5, 0.6) is 0 Å². The van der Waals surface area contributed by atoms with Crippen molar-refractivity contribution < 1.29 is 9.90 Å². The molecule has 2 aromatic rings. The van der Waals surface area contributed by atoms with E-state index in [0.717, 1.165) is 17.7 Å². The van der Waals surface area contributed by atoms with Crippen molar-refractivity contribution in [1.82, 2.24) is 9.97 Å². The quantitative estimate of drug-likeness (QED) is 0.880. The third kappa shape index (κ3) is 2.88. The highest BCUT2D eigenvalue weighted by molar-refractivity contribution is 5.89. The summed E-state index contributed by atoms with van der Waals surface area (Å²) in [6.45, 7) is 3.98. The lowest BCUT2D eigenvalue weighted by atomic mass is 10.1. The Morgan fingerprint density at radius 1 is 1.37 bits per heavy atom. The summed E-state index contributed by atoms with van der Waals surface area (Å²) in [5.74, 6) is -0.244. The third-order valence-electron chi connectivity index (χ3n) is 2.90. The molecular weight excluding hydrogens is 242 g/mol. The first-order chi connectivity index (χ1) is 9.11. The van der Waals surface area contributed by atoms with Crippen molar-refractivity contribution in [1.29, 1.82) is 0 Å². The lowest BCUT2D eigenvalue weighted by Gasteiger charge is -2.10. The van der Waals surface area contributed by atoms with Gasteiger partial charge in [0.25, 0.3) is 0 Å². The van der Waals surface area contributed by atoms with Crippen LogP contribution in [0.4, 0.5) is 11.5 Å². The molecule has 0 aliphatic rings. The van der Waals surface area contributed by atoms with Gasteiger partial charge in [-0.15, -0.1) is 0 Å². The molecule has 5 heteroatoms. The number of carboxylic acid groups (broad SMARTS) is 1. The van der Waals surface area contributed by atoms with E-state index in [4.69, 9.17) is 5.11 Å². The molecule has 0 amide bonds. The Balaban J connectivity index is 2.31. The fraction of sp³-hybridized carbons (Fsp3) is 0.214. The van der Waals surface area contributed by atoms with Crippen molar-refractivity contribution in [3.05, 3.63) is 47.4 Å². The monoisotopic (exact) mass is 257 g/mol. The van der Waals surface area contributed by atoms with Crippen LogP contribution in [0.1, 0.15) is 28.5 Å². The van der Waals surface area contributed by atoms with Crippen LogP contribution >= 0.6 is 0 Å². The number of rotatable bonds is 4. The Hall–Kier alpha value is -2.43. The van der Waals surface area contributed by atoms with Crippen molar-refractivity contribution in [2.24, 2.45) is 0 Å². The van der Waals surface area contributed by atoms with E-state index in [1.165, 1.54) is 6.33 Å². The summed E-state index contributed by atoms with van der Waals surface area (Å²) in [5, 5.41) is 12.1. The summed E-state index contributed by atoms with van der Waals surface area (Å²) in [6.07, 6.45) is 2.34. The average molecular weight is 257 g/mol. The summed E-state index contributed by atoms with van der Waals surface area (Å²) in [7, 11) is 0.